The van der Waals surface area contributed by atoms with Gasteiger partial charge >= 0.3 is 6.03 Å². The van der Waals surface area contributed by atoms with Crippen LogP contribution in [0.15, 0.2) is 46.9 Å². The molecule has 1 N–H and O–H groups in total. The molecule has 2 amide bonds. The van der Waals surface area contributed by atoms with E-state index < -0.39 is 0 Å². The SMILES string of the molecule is Cc1cc(Br)ccc1NC(=O)N1CCN(c2ccccc2F)CC1. The maximum absolute atomic E-state index is 13.9. The highest BCUT2D eigenvalue weighted by atomic mass is 79.9. The maximum Gasteiger partial charge on any atom is 0.321 e. The van der Waals surface area contributed by atoms with Crippen LogP contribution in [0.25, 0.3) is 0 Å². The standard InChI is InChI=1S/C18H19BrFN3O/c1-13-12-14(19)6-7-16(13)21-18(24)23-10-8-22(9-11-23)17-5-3-2-4-15(17)20/h2-7,12H,8-11H2,1H3,(H,21,24). The Hall–Kier alpha value is -2.08. The summed E-state index contributed by atoms with van der Waals surface area (Å²) in [4.78, 5) is 16.2. The monoisotopic (exact) mass is 391 g/mol. The summed E-state index contributed by atoms with van der Waals surface area (Å²) in [6, 6.07) is 12.4. The first-order valence-corrected chi connectivity index (χ1v) is 8.65. The lowest BCUT2D eigenvalue weighted by atomic mass is 10.2. The van der Waals surface area contributed by atoms with Crippen LogP contribution in [0, 0.1) is 12.7 Å². The minimum Gasteiger partial charge on any atom is -0.366 e. The smallest absolute Gasteiger partial charge is 0.321 e. The lowest BCUT2D eigenvalue weighted by Gasteiger charge is -2.36. The third-order valence-electron chi connectivity index (χ3n) is 4.19. The number of rotatable bonds is 2. The van der Waals surface area contributed by atoms with Gasteiger partial charge in [-0.3, -0.25) is 0 Å². The van der Waals surface area contributed by atoms with Crippen molar-refractivity contribution >= 4 is 33.3 Å². The lowest BCUT2D eigenvalue weighted by molar-refractivity contribution is 0.208. The van der Waals surface area contributed by atoms with E-state index in [-0.39, 0.29) is 11.8 Å². The third kappa shape index (κ3) is 3.70. The van der Waals surface area contributed by atoms with Gasteiger partial charge in [-0.15, -0.1) is 0 Å². The van der Waals surface area contributed by atoms with Crippen LogP contribution < -0.4 is 10.2 Å². The highest BCUT2D eigenvalue weighted by molar-refractivity contribution is 9.10. The molecule has 0 unspecified atom stereocenters. The van der Waals surface area contributed by atoms with Gasteiger partial charge in [0.15, 0.2) is 0 Å². The number of nitrogens with one attached hydrogen (secondary N) is 1. The van der Waals surface area contributed by atoms with E-state index in [1.807, 2.05) is 36.1 Å². The van der Waals surface area contributed by atoms with Crippen LogP contribution in [0.1, 0.15) is 5.56 Å². The van der Waals surface area contributed by atoms with Crippen LogP contribution in [0.3, 0.4) is 0 Å². The Labute approximate surface area is 149 Å². The molecule has 2 aromatic carbocycles. The van der Waals surface area contributed by atoms with Gasteiger partial charge in [0.1, 0.15) is 5.82 Å². The number of hydrogen-bond acceptors (Lipinski definition) is 2. The summed E-state index contributed by atoms with van der Waals surface area (Å²) in [5.41, 5.74) is 2.41. The summed E-state index contributed by atoms with van der Waals surface area (Å²) >= 11 is 3.41. The Morgan fingerprint density at radius 2 is 1.83 bits per heavy atom. The van der Waals surface area contributed by atoms with Gasteiger partial charge in [0, 0.05) is 36.3 Å². The molecule has 0 aromatic heterocycles. The molecule has 0 radical (unpaired) electrons. The van der Waals surface area contributed by atoms with Crippen LogP contribution in [-0.4, -0.2) is 37.1 Å². The van der Waals surface area contributed by atoms with Gasteiger partial charge in [-0.2, -0.15) is 0 Å². The highest BCUT2D eigenvalue weighted by Gasteiger charge is 2.22. The van der Waals surface area contributed by atoms with E-state index in [0.717, 1.165) is 15.7 Å². The number of amides is 2. The quantitative estimate of drug-likeness (QED) is 0.830. The van der Waals surface area contributed by atoms with Gasteiger partial charge in [-0.05, 0) is 42.8 Å². The van der Waals surface area contributed by atoms with E-state index in [1.54, 1.807) is 17.0 Å². The van der Waals surface area contributed by atoms with Crippen LogP contribution in [0.2, 0.25) is 0 Å². The Kier molecular flexibility index (Phi) is 5.04. The van der Waals surface area contributed by atoms with Crippen molar-refractivity contribution in [3.05, 3.63) is 58.3 Å². The third-order valence-corrected chi connectivity index (χ3v) is 4.68. The van der Waals surface area contributed by atoms with Gasteiger partial charge in [-0.1, -0.05) is 28.1 Å². The molecule has 1 aliphatic heterocycles. The molecule has 4 nitrogen and oxygen atoms in total. The maximum atomic E-state index is 13.9. The van der Waals surface area contributed by atoms with Gasteiger partial charge in [0.05, 0.1) is 5.69 Å². The van der Waals surface area contributed by atoms with E-state index in [0.29, 0.717) is 31.9 Å². The molecule has 126 valence electrons. The van der Waals surface area contributed by atoms with Crippen LogP contribution in [0.4, 0.5) is 20.6 Å². The molecule has 1 fully saturated rings. The summed E-state index contributed by atoms with van der Waals surface area (Å²) in [6.45, 7) is 4.32. The number of piperazine rings is 1. The fourth-order valence-corrected chi connectivity index (χ4v) is 3.30. The molecule has 1 saturated heterocycles. The average Bonchev–Trinajstić information content (AvgIpc) is 2.58. The summed E-state index contributed by atoms with van der Waals surface area (Å²) < 4.78 is 14.8. The lowest BCUT2D eigenvalue weighted by Crippen LogP contribution is -2.50. The minimum atomic E-state index is -0.221. The summed E-state index contributed by atoms with van der Waals surface area (Å²) in [7, 11) is 0. The second-order valence-corrected chi connectivity index (χ2v) is 6.73. The number of anilines is 2. The van der Waals surface area contributed by atoms with E-state index in [9.17, 15) is 9.18 Å². The first kappa shape index (κ1) is 16.8. The normalized spacial score (nSPS) is 14.6. The fourth-order valence-electron chi connectivity index (χ4n) is 2.82. The largest absolute Gasteiger partial charge is 0.366 e. The molecular weight excluding hydrogens is 373 g/mol. The van der Waals surface area contributed by atoms with Crippen LogP contribution in [-0.2, 0) is 0 Å². The molecule has 0 bridgehead atoms. The fraction of sp³-hybridized carbons (Fsp3) is 0.278. The molecule has 3 rings (SSSR count). The molecule has 6 heteroatoms. The first-order chi connectivity index (χ1) is 11.5. The van der Waals surface area contributed by atoms with Crippen molar-refractivity contribution < 1.29 is 9.18 Å². The van der Waals surface area contributed by atoms with Crippen LogP contribution in [0.5, 0.6) is 0 Å². The van der Waals surface area contributed by atoms with Crippen molar-refractivity contribution in [2.75, 3.05) is 36.4 Å². The average molecular weight is 392 g/mol. The zero-order chi connectivity index (χ0) is 17.1. The number of urea groups is 1. The number of carbonyl (C=O) groups is 1. The molecule has 0 saturated carbocycles. The summed E-state index contributed by atoms with van der Waals surface area (Å²) in [5, 5.41) is 2.95. The van der Waals surface area contributed by atoms with Crippen molar-refractivity contribution in [3.8, 4) is 0 Å². The molecule has 0 aliphatic carbocycles. The number of aryl methyl sites for hydroxylation is 1. The van der Waals surface area contributed by atoms with Gasteiger partial charge < -0.3 is 15.1 Å². The Morgan fingerprint density at radius 3 is 2.50 bits per heavy atom. The predicted molar refractivity (Wildman–Crippen MR) is 98.1 cm³/mol. The van der Waals surface area contributed by atoms with Crippen molar-refractivity contribution in [2.24, 2.45) is 0 Å². The number of para-hydroxylation sites is 1. The Morgan fingerprint density at radius 1 is 1.12 bits per heavy atom. The molecule has 2 aromatic rings. The number of nitrogens with zero attached hydrogens (tertiary/aromatic N) is 2. The number of halogens is 2. The predicted octanol–water partition coefficient (Wildman–Crippen LogP) is 4.25. The van der Waals surface area contributed by atoms with Crippen LogP contribution >= 0.6 is 15.9 Å². The zero-order valence-corrected chi connectivity index (χ0v) is 15.0. The van der Waals surface area contributed by atoms with Crippen molar-refractivity contribution in [1.82, 2.24) is 4.90 Å². The minimum absolute atomic E-state index is 0.117. The number of carbonyl (C=O) groups excluding carboxylic acids is 1. The number of hydrogen-bond donors (Lipinski definition) is 1. The van der Waals surface area contributed by atoms with E-state index in [1.165, 1.54) is 6.07 Å². The van der Waals surface area contributed by atoms with Gasteiger partial charge in [-0.25, -0.2) is 9.18 Å². The van der Waals surface area contributed by atoms with Gasteiger partial charge in [0.25, 0.3) is 0 Å². The zero-order valence-electron chi connectivity index (χ0n) is 13.4. The highest BCUT2D eigenvalue weighted by Crippen LogP contribution is 2.22. The molecule has 0 spiro atoms. The second-order valence-electron chi connectivity index (χ2n) is 5.81. The molecule has 24 heavy (non-hydrogen) atoms. The van der Waals surface area contributed by atoms with Crippen molar-refractivity contribution in [3.63, 3.8) is 0 Å². The van der Waals surface area contributed by atoms with E-state index in [4.69, 9.17) is 0 Å². The molecule has 1 heterocycles. The van der Waals surface area contributed by atoms with Crippen molar-refractivity contribution in [2.45, 2.75) is 6.92 Å². The Balaban J connectivity index is 1.60. The number of benzene rings is 2. The first-order valence-electron chi connectivity index (χ1n) is 7.86. The van der Waals surface area contributed by atoms with Gasteiger partial charge in [0.2, 0.25) is 0 Å². The molecular formula is C18H19BrFN3O. The molecule has 1 aliphatic rings. The summed E-state index contributed by atoms with van der Waals surface area (Å²) in [6.07, 6.45) is 0. The second kappa shape index (κ2) is 7.21. The summed E-state index contributed by atoms with van der Waals surface area (Å²) in [5.74, 6) is -0.221. The molecule has 0 atom stereocenters. The van der Waals surface area contributed by atoms with E-state index in [2.05, 4.69) is 21.2 Å². The van der Waals surface area contributed by atoms with Crippen molar-refractivity contribution in [1.29, 1.82) is 0 Å². The Bertz CT molecular complexity index is 745. The van der Waals surface area contributed by atoms with E-state index >= 15 is 0 Å². The topological polar surface area (TPSA) is 35.6 Å².